The maximum absolute atomic E-state index is 12.4. The first-order valence-electron chi connectivity index (χ1n) is 24.1. The molecule has 0 fully saturated rings. The van der Waals surface area contributed by atoms with E-state index in [1.54, 1.807) is 6.08 Å². The van der Waals surface area contributed by atoms with Crippen molar-refractivity contribution in [2.24, 2.45) is 0 Å². The number of carbonyl (C=O) groups is 1. The fourth-order valence-corrected chi connectivity index (χ4v) is 7.49. The van der Waals surface area contributed by atoms with E-state index < -0.39 is 12.1 Å². The molecular weight excluding hydrogens is 651 g/mol. The molecule has 2 atom stereocenters. The Morgan fingerprint density at radius 1 is 0.434 bits per heavy atom. The van der Waals surface area contributed by atoms with Crippen LogP contribution < -0.4 is 5.32 Å². The second-order valence-corrected chi connectivity index (χ2v) is 16.5. The average molecular weight is 746 g/mol. The van der Waals surface area contributed by atoms with E-state index in [1.807, 2.05) is 6.08 Å². The topological polar surface area (TPSA) is 69.6 Å². The highest BCUT2D eigenvalue weighted by Crippen LogP contribution is 2.16. The first-order valence-corrected chi connectivity index (χ1v) is 24.1. The first-order chi connectivity index (χ1) is 26.2. The van der Waals surface area contributed by atoms with Gasteiger partial charge in [-0.3, -0.25) is 4.79 Å². The molecule has 4 heteroatoms. The monoisotopic (exact) mass is 746 g/mol. The van der Waals surface area contributed by atoms with E-state index in [-0.39, 0.29) is 12.5 Å². The Hall–Kier alpha value is -1.13. The third-order valence-electron chi connectivity index (χ3n) is 11.2. The molecule has 0 aromatic rings. The lowest BCUT2D eigenvalue weighted by atomic mass is 10.0. The summed E-state index contributed by atoms with van der Waals surface area (Å²) >= 11 is 0. The van der Waals surface area contributed by atoms with Crippen LogP contribution in [-0.2, 0) is 4.79 Å². The van der Waals surface area contributed by atoms with Crippen LogP contribution in [0.1, 0.15) is 264 Å². The van der Waals surface area contributed by atoms with E-state index in [4.69, 9.17) is 0 Å². The van der Waals surface area contributed by atoms with Gasteiger partial charge in [0, 0.05) is 6.42 Å². The molecule has 0 aliphatic rings. The third-order valence-corrected chi connectivity index (χ3v) is 11.2. The number of nitrogens with one attached hydrogen (secondary N) is 1. The van der Waals surface area contributed by atoms with Gasteiger partial charge in [0.2, 0.25) is 5.91 Å². The highest BCUT2D eigenvalue weighted by Gasteiger charge is 2.17. The van der Waals surface area contributed by atoms with Gasteiger partial charge in [0.1, 0.15) is 0 Å². The van der Waals surface area contributed by atoms with Crippen LogP contribution in [-0.4, -0.2) is 34.9 Å². The number of hydrogen-bond donors (Lipinski definition) is 3. The van der Waals surface area contributed by atoms with Crippen molar-refractivity contribution in [3.05, 3.63) is 24.3 Å². The Morgan fingerprint density at radius 2 is 0.736 bits per heavy atom. The summed E-state index contributed by atoms with van der Waals surface area (Å²) in [6, 6.07) is -0.635. The first kappa shape index (κ1) is 51.9. The lowest BCUT2D eigenvalue weighted by Gasteiger charge is -2.19. The van der Waals surface area contributed by atoms with E-state index in [0.717, 1.165) is 32.1 Å². The molecule has 53 heavy (non-hydrogen) atoms. The Morgan fingerprint density at radius 3 is 1.09 bits per heavy atom. The summed E-state index contributed by atoms with van der Waals surface area (Å²) in [5.74, 6) is -0.0688. The molecule has 0 saturated heterocycles. The number of rotatable bonds is 44. The Labute approximate surface area is 332 Å². The molecule has 0 aliphatic carbocycles. The summed E-state index contributed by atoms with van der Waals surface area (Å²) < 4.78 is 0. The summed E-state index contributed by atoms with van der Waals surface area (Å²) in [4.78, 5) is 12.4. The van der Waals surface area contributed by atoms with Gasteiger partial charge in [-0.05, 0) is 32.1 Å². The molecule has 2 unspecified atom stereocenters. The van der Waals surface area contributed by atoms with E-state index in [1.165, 1.54) is 212 Å². The van der Waals surface area contributed by atoms with Crippen LogP contribution in [0.5, 0.6) is 0 Å². The molecule has 0 aromatic carbocycles. The predicted molar refractivity (Wildman–Crippen MR) is 235 cm³/mol. The van der Waals surface area contributed by atoms with Crippen LogP contribution in [0.3, 0.4) is 0 Å². The van der Waals surface area contributed by atoms with Gasteiger partial charge in [0.25, 0.3) is 0 Å². The number of aliphatic hydroxyl groups excluding tert-OH is 2. The number of unbranched alkanes of at least 4 members (excludes halogenated alkanes) is 35. The molecule has 0 heterocycles. The fourth-order valence-electron chi connectivity index (χ4n) is 7.49. The van der Waals surface area contributed by atoms with Gasteiger partial charge in [0.15, 0.2) is 0 Å². The average Bonchev–Trinajstić information content (AvgIpc) is 3.16. The summed E-state index contributed by atoms with van der Waals surface area (Å²) in [5, 5.41) is 23.0. The van der Waals surface area contributed by atoms with Crippen molar-refractivity contribution in [1.82, 2.24) is 5.32 Å². The van der Waals surface area contributed by atoms with Crippen molar-refractivity contribution in [2.75, 3.05) is 6.61 Å². The number of hydrogen-bond acceptors (Lipinski definition) is 3. The van der Waals surface area contributed by atoms with Crippen LogP contribution in [0.25, 0.3) is 0 Å². The van der Waals surface area contributed by atoms with E-state index in [0.29, 0.717) is 6.42 Å². The minimum absolute atomic E-state index is 0.0688. The number of aliphatic hydroxyl groups is 2. The minimum atomic E-state index is -0.858. The van der Waals surface area contributed by atoms with Gasteiger partial charge >= 0.3 is 0 Å². The summed E-state index contributed by atoms with van der Waals surface area (Å²) in [7, 11) is 0. The number of allylic oxidation sites excluding steroid dienone is 3. The lowest BCUT2D eigenvalue weighted by molar-refractivity contribution is -0.123. The van der Waals surface area contributed by atoms with Crippen molar-refractivity contribution >= 4 is 5.91 Å². The molecule has 314 valence electrons. The molecule has 0 radical (unpaired) electrons. The summed E-state index contributed by atoms with van der Waals surface area (Å²) in [6.07, 6.45) is 58.8. The van der Waals surface area contributed by atoms with Gasteiger partial charge in [-0.25, -0.2) is 0 Å². The number of amides is 1. The summed E-state index contributed by atoms with van der Waals surface area (Å²) in [5.41, 5.74) is 0. The van der Waals surface area contributed by atoms with Gasteiger partial charge < -0.3 is 15.5 Å². The van der Waals surface area contributed by atoms with Gasteiger partial charge in [-0.1, -0.05) is 250 Å². The maximum Gasteiger partial charge on any atom is 0.220 e. The molecule has 1 amide bonds. The van der Waals surface area contributed by atoms with Crippen LogP contribution in [0.4, 0.5) is 0 Å². The van der Waals surface area contributed by atoms with E-state index >= 15 is 0 Å². The predicted octanol–water partition coefficient (Wildman–Crippen LogP) is 15.2. The van der Waals surface area contributed by atoms with Crippen LogP contribution in [0.2, 0.25) is 0 Å². The Kier molecular flexibility index (Phi) is 44.3. The van der Waals surface area contributed by atoms with Crippen LogP contribution in [0.15, 0.2) is 24.3 Å². The van der Waals surface area contributed by atoms with E-state index in [9.17, 15) is 15.0 Å². The molecule has 4 nitrogen and oxygen atoms in total. The SMILES string of the molecule is CCCCCCCCCCCCCC/C=C/CC/C=C/C(O)C(CO)NC(=O)CCCCCCCCCCCCCCCCCCCCCCCCC. The minimum Gasteiger partial charge on any atom is -0.394 e. The smallest absolute Gasteiger partial charge is 0.220 e. The molecule has 0 spiro atoms. The van der Waals surface area contributed by atoms with E-state index in [2.05, 4.69) is 31.3 Å². The van der Waals surface area contributed by atoms with Gasteiger partial charge in [-0.15, -0.1) is 0 Å². The van der Waals surface area contributed by atoms with Crippen molar-refractivity contribution in [1.29, 1.82) is 0 Å². The molecule has 0 saturated carbocycles. The number of carbonyl (C=O) groups excluding carboxylic acids is 1. The van der Waals surface area contributed by atoms with Crippen molar-refractivity contribution in [3.8, 4) is 0 Å². The quantitative estimate of drug-likeness (QED) is 0.0430. The van der Waals surface area contributed by atoms with Crippen molar-refractivity contribution in [3.63, 3.8) is 0 Å². The second kappa shape index (κ2) is 45.3. The van der Waals surface area contributed by atoms with Crippen LogP contribution >= 0.6 is 0 Å². The molecule has 0 bridgehead atoms. The molecular formula is C49H95NO3. The zero-order valence-corrected chi connectivity index (χ0v) is 36.1. The summed E-state index contributed by atoms with van der Waals surface area (Å²) in [6.45, 7) is 4.32. The van der Waals surface area contributed by atoms with Crippen LogP contribution in [0, 0.1) is 0 Å². The highest BCUT2D eigenvalue weighted by atomic mass is 16.3. The lowest BCUT2D eigenvalue weighted by Crippen LogP contribution is -2.45. The highest BCUT2D eigenvalue weighted by molar-refractivity contribution is 5.76. The molecule has 0 aromatic heterocycles. The second-order valence-electron chi connectivity index (χ2n) is 16.5. The normalized spacial score (nSPS) is 13.1. The largest absolute Gasteiger partial charge is 0.394 e. The van der Waals surface area contributed by atoms with Crippen molar-refractivity contribution in [2.45, 2.75) is 276 Å². The molecule has 3 N–H and O–H groups in total. The standard InChI is InChI=1S/C49H95NO3/c1-3-5-7-9-11-13-15-17-19-21-23-24-25-26-27-29-31-33-35-37-39-41-43-45-49(53)50-47(46-51)48(52)44-42-40-38-36-34-32-30-28-22-20-18-16-14-12-10-8-6-4-2/h34,36,42,44,47-48,51-52H,3-33,35,37-41,43,45-46H2,1-2H3,(H,50,53)/b36-34+,44-42+. The van der Waals surface area contributed by atoms with Gasteiger partial charge in [0.05, 0.1) is 18.8 Å². The zero-order chi connectivity index (χ0) is 38.6. The maximum atomic E-state index is 12.4. The third kappa shape index (κ3) is 41.9. The van der Waals surface area contributed by atoms with Gasteiger partial charge in [-0.2, -0.15) is 0 Å². The zero-order valence-electron chi connectivity index (χ0n) is 36.1. The Bertz CT molecular complexity index is 765. The molecule has 0 rings (SSSR count). The molecule has 0 aliphatic heterocycles. The fraction of sp³-hybridized carbons (Fsp3) is 0.898. The van der Waals surface area contributed by atoms with Crippen molar-refractivity contribution < 1.29 is 15.0 Å². The Balaban J connectivity index is 3.53.